The van der Waals surface area contributed by atoms with Crippen molar-refractivity contribution in [2.24, 2.45) is 5.73 Å². The Morgan fingerprint density at radius 2 is 1.86 bits per heavy atom. The van der Waals surface area contributed by atoms with Crippen LogP contribution in [0.25, 0.3) is 0 Å². The van der Waals surface area contributed by atoms with Crippen LogP contribution in [-0.2, 0) is 11.3 Å². The second-order valence-corrected chi connectivity index (χ2v) is 5.12. The highest BCUT2D eigenvalue weighted by Crippen LogP contribution is 2.09. The summed E-state index contributed by atoms with van der Waals surface area (Å²) in [5.41, 5.74) is 7.04. The van der Waals surface area contributed by atoms with E-state index in [1.807, 2.05) is 26.0 Å². The number of hydrogen-bond donors (Lipinski definition) is 4. The third-order valence-electron chi connectivity index (χ3n) is 2.73. The van der Waals surface area contributed by atoms with Crippen molar-refractivity contribution < 1.29 is 9.59 Å². The lowest BCUT2D eigenvalue weighted by molar-refractivity contribution is -0.121. The van der Waals surface area contributed by atoms with Gasteiger partial charge in [-0.2, -0.15) is 0 Å². The first-order chi connectivity index (χ1) is 10.0. The summed E-state index contributed by atoms with van der Waals surface area (Å²) in [5.74, 6) is -0.000960. The fraction of sp³-hybridized carbons (Fsp3) is 0.467. The molecule has 0 unspecified atom stereocenters. The Labute approximate surface area is 125 Å². The van der Waals surface area contributed by atoms with E-state index in [0.717, 1.165) is 5.56 Å². The lowest BCUT2D eigenvalue weighted by Gasteiger charge is -2.10. The molecule has 0 atom stereocenters. The van der Waals surface area contributed by atoms with Crippen LogP contribution in [0.4, 0.5) is 10.5 Å². The van der Waals surface area contributed by atoms with Crippen molar-refractivity contribution in [2.75, 3.05) is 11.9 Å². The molecule has 0 heterocycles. The van der Waals surface area contributed by atoms with Gasteiger partial charge >= 0.3 is 6.03 Å². The number of benzene rings is 1. The van der Waals surface area contributed by atoms with E-state index < -0.39 is 0 Å². The summed E-state index contributed by atoms with van der Waals surface area (Å²) in [7, 11) is 0. The predicted molar refractivity (Wildman–Crippen MR) is 83.9 cm³/mol. The Balaban J connectivity index is 2.40. The maximum atomic E-state index is 11.5. The van der Waals surface area contributed by atoms with Gasteiger partial charge in [-0.15, -0.1) is 0 Å². The van der Waals surface area contributed by atoms with Gasteiger partial charge in [0.15, 0.2) is 0 Å². The van der Waals surface area contributed by atoms with Crippen LogP contribution in [-0.4, -0.2) is 24.5 Å². The molecular weight excluding hydrogens is 268 g/mol. The van der Waals surface area contributed by atoms with Crippen LogP contribution in [0.5, 0.6) is 0 Å². The van der Waals surface area contributed by atoms with Crippen LogP contribution in [0.1, 0.15) is 32.3 Å². The van der Waals surface area contributed by atoms with Gasteiger partial charge in [-0.25, -0.2) is 4.79 Å². The Morgan fingerprint density at radius 1 is 1.19 bits per heavy atom. The molecule has 21 heavy (non-hydrogen) atoms. The summed E-state index contributed by atoms with van der Waals surface area (Å²) in [6.07, 6.45) is 1.14. The van der Waals surface area contributed by atoms with E-state index in [0.29, 0.717) is 31.6 Å². The molecule has 1 aromatic rings. The summed E-state index contributed by atoms with van der Waals surface area (Å²) in [5, 5.41) is 8.32. The zero-order valence-corrected chi connectivity index (χ0v) is 12.6. The van der Waals surface area contributed by atoms with Crippen LogP contribution < -0.4 is 21.7 Å². The lowest BCUT2D eigenvalue weighted by Crippen LogP contribution is -2.34. The highest BCUT2D eigenvalue weighted by molar-refractivity contribution is 5.89. The minimum absolute atomic E-state index is 0.000960. The average Bonchev–Trinajstić information content (AvgIpc) is 2.43. The van der Waals surface area contributed by atoms with Gasteiger partial charge in [0, 0.05) is 24.7 Å². The van der Waals surface area contributed by atoms with Gasteiger partial charge in [0.2, 0.25) is 5.91 Å². The van der Waals surface area contributed by atoms with Crippen molar-refractivity contribution in [1.29, 1.82) is 0 Å². The van der Waals surface area contributed by atoms with Gasteiger partial charge in [0.05, 0.1) is 0 Å². The molecule has 0 bridgehead atoms. The molecular formula is C15H24N4O2. The summed E-state index contributed by atoms with van der Waals surface area (Å²) in [4.78, 5) is 23.0. The minimum atomic E-state index is -0.229. The van der Waals surface area contributed by atoms with Crippen LogP contribution >= 0.6 is 0 Å². The van der Waals surface area contributed by atoms with Crippen molar-refractivity contribution in [3.05, 3.63) is 29.8 Å². The number of hydrogen-bond acceptors (Lipinski definition) is 3. The number of amides is 3. The van der Waals surface area contributed by atoms with Crippen LogP contribution in [0.3, 0.4) is 0 Å². The largest absolute Gasteiger partial charge is 0.352 e. The maximum Gasteiger partial charge on any atom is 0.319 e. The predicted octanol–water partition coefficient (Wildman–Crippen LogP) is 1.57. The van der Waals surface area contributed by atoms with E-state index in [1.54, 1.807) is 12.1 Å². The molecule has 1 rings (SSSR count). The molecule has 0 aliphatic carbocycles. The highest BCUT2D eigenvalue weighted by Gasteiger charge is 2.04. The molecule has 0 spiro atoms. The van der Waals surface area contributed by atoms with Crippen molar-refractivity contribution >= 4 is 17.6 Å². The number of carbonyl (C=O) groups is 2. The van der Waals surface area contributed by atoms with Gasteiger partial charge in [-0.3, -0.25) is 4.79 Å². The Kier molecular flexibility index (Phi) is 7.25. The smallest absolute Gasteiger partial charge is 0.319 e. The topological polar surface area (TPSA) is 96.2 Å². The number of nitrogens with one attached hydrogen (secondary N) is 3. The molecule has 5 N–H and O–H groups in total. The number of rotatable bonds is 7. The van der Waals surface area contributed by atoms with E-state index in [9.17, 15) is 9.59 Å². The Hall–Kier alpha value is -2.08. The zero-order chi connectivity index (χ0) is 15.7. The molecule has 6 heteroatoms. The molecule has 3 amide bonds. The molecule has 0 saturated carbocycles. The number of carbonyl (C=O) groups excluding carboxylic acids is 2. The standard InChI is InChI=1S/C15H24N4O2/c1-11(2)18-15(21)19-13-7-5-12(6-8-13)10-17-14(20)4-3-9-16/h5-8,11H,3-4,9-10,16H2,1-2H3,(H,17,20)(H2,18,19,21). The van der Waals surface area contributed by atoms with E-state index in [-0.39, 0.29) is 18.0 Å². The molecule has 1 aromatic carbocycles. The first-order valence-electron chi connectivity index (χ1n) is 7.14. The SMILES string of the molecule is CC(C)NC(=O)Nc1ccc(CNC(=O)CCCN)cc1. The normalized spacial score (nSPS) is 10.3. The number of nitrogens with two attached hydrogens (primary N) is 1. The quantitative estimate of drug-likeness (QED) is 0.614. The third-order valence-corrected chi connectivity index (χ3v) is 2.73. The fourth-order valence-electron chi connectivity index (χ4n) is 1.69. The maximum absolute atomic E-state index is 11.5. The Bertz CT molecular complexity index is 457. The van der Waals surface area contributed by atoms with Crippen LogP contribution in [0, 0.1) is 0 Å². The first kappa shape index (κ1) is 17.0. The van der Waals surface area contributed by atoms with Crippen molar-refractivity contribution in [2.45, 2.75) is 39.3 Å². The number of anilines is 1. The molecule has 6 nitrogen and oxygen atoms in total. The Morgan fingerprint density at radius 3 is 2.43 bits per heavy atom. The molecule has 0 aromatic heterocycles. The fourth-order valence-corrected chi connectivity index (χ4v) is 1.69. The van der Waals surface area contributed by atoms with Crippen molar-refractivity contribution in [3.8, 4) is 0 Å². The zero-order valence-electron chi connectivity index (χ0n) is 12.6. The van der Waals surface area contributed by atoms with Gasteiger partial charge in [-0.1, -0.05) is 12.1 Å². The van der Waals surface area contributed by atoms with Crippen molar-refractivity contribution in [1.82, 2.24) is 10.6 Å². The monoisotopic (exact) mass is 292 g/mol. The molecule has 0 saturated heterocycles. The van der Waals surface area contributed by atoms with Gasteiger partial charge in [0.25, 0.3) is 0 Å². The molecule has 0 radical (unpaired) electrons. The molecule has 0 aliphatic rings. The van der Waals surface area contributed by atoms with E-state index in [1.165, 1.54) is 0 Å². The van der Waals surface area contributed by atoms with E-state index in [4.69, 9.17) is 5.73 Å². The summed E-state index contributed by atoms with van der Waals surface area (Å²) in [6.45, 7) is 4.79. The number of urea groups is 1. The van der Waals surface area contributed by atoms with E-state index in [2.05, 4.69) is 16.0 Å². The second kappa shape index (κ2) is 8.97. The third kappa shape index (κ3) is 7.31. The lowest BCUT2D eigenvalue weighted by atomic mass is 10.2. The van der Waals surface area contributed by atoms with Crippen LogP contribution in [0.15, 0.2) is 24.3 Å². The highest BCUT2D eigenvalue weighted by atomic mass is 16.2. The van der Waals surface area contributed by atoms with Gasteiger partial charge in [-0.05, 0) is 44.5 Å². The first-order valence-corrected chi connectivity index (χ1v) is 7.14. The minimum Gasteiger partial charge on any atom is -0.352 e. The molecule has 116 valence electrons. The average molecular weight is 292 g/mol. The van der Waals surface area contributed by atoms with E-state index >= 15 is 0 Å². The molecule has 0 aliphatic heterocycles. The van der Waals surface area contributed by atoms with Crippen molar-refractivity contribution in [3.63, 3.8) is 0 Å². The summed E-state index contributed by atoms with van der Waals surface area (Å²) in [6, 6.07) is 7.21. The van der Waals surface area contributed by atoms with Crippen LogP contribution in [0.2, 0.25) is 0 Å². The van der Waals surface area contributed by atoms with Gasteiger partial charge < -0.3 is 21.7 Å². The summed E-state index contributed by atoms with van der Waals surface area (Å²) < 4.78 is 0. The van der Waals surface area contributed by atoms with Gasteiger partial charge in [0.1, 0.15) is 0 Å². The molecule has 0 fully saturated rings. The second-order valence-electron chi connectivity index (χ2n) is 5.12. The summed E-state index contributed by atoms with van der Waals surface area (Å²) >= 11 is 0.